The lowest BCUT2D eigenvalue weighted by atomic mass is 10.1. The van der Waals surface area contributed by atoms with Crippen LogP contribution in [-0.2, 0) is 17.8 Å². The minimum absolute atomic E-state index is 0.433. The number of hydrogen-bond acceptors (Lipinski definition) is 7. The van der Waals surface area contributed by atoms with E-state index in [-0.39, 0.29) is 0 Å². The van der Waals surface area contributed by atoms with Crippen LogP contribution in [0, 0.1) is 0 Å². The first-order valence-corrected chi connectivity index (χ1v) is 9.96. The molecule has 0 bridgehead atoms. The smallest absolute Gasteiger partial charge is 0.161 e. The maximum absolute atomic E-state index is 5.80. The predicted octanol–water partition coefficient (Wildman–Crippen LogP) is 1.44. The summed E-state index contributed by atoms with van der Waals surface area (Å²) in [5.74, 6) is 1.91. The second-order valence-electron chi connectivity index (χ2n) is 7.56. The van der Waals surface area contributed by atoms with E-state index in [2.05, 4.69) is 20.1 Å². The molecule has 0 spiro atoms. The summed E-state index contributed by atoms with van der Waals surface area (Å²) < 4.78 is 5.80. The molecule has 1 N–H and O–H groups in total. The number of piperazine rings is 1. The summed E-state index contributed by atoms with van der Waals surface area (Å²) >= 11 is 0. The summed E-state index contributed by atoms with van der Waals surface area (Å²) in [6, 6.07) is 3.96. The maximum atomic E-state index is 5.80. The van der Waals surface area contributed by atoms with Gasteiger partial charge in [-0.25, -0.2) is 9.97 Å². The SMILES string of the molecule is c1cc(-c2nc3c(c(N4CCN(C[C@@H]5CCCO5)CC4)n2)CNC3)ccn1. The molecule has 5 heterocycles. The van der Waals surface area contributed by atoms with Crippen LogP contribution < -0.4 is 10.2 Å². The lowest BCUT2D eigenvalue weighted by molar-refractivity contribution is 0.0712. The number of rotatable bonds is 4. The first kappa shape index (κ1) is 17.0. The highest BCUT2D eigenvalue weighted by molar-refractivity contribution is 5.61. The van der Waals surface area contributed by atoms with E-state index in [1.54, 1.807) is 12.4 Å². The Balaban J connectivity index is 1.35. The van der Waals surface area contributed by atoms with Crippen LogP contribution in [0.15, 0.2) is 24.5 Å². The van der Waals surface area contributed by atoms with Crippen molar-refractivity contribution < 1.29 is 4.74 Å². The van der Waals surface area contributed by atoms with Crippen molar-refractivity contribution in [2.75, 3.05) is 44.2 Å². The normalized spacial score (nSPS) is 23.0. The summed E-state index contributed by atoms with van der Waals surface area (Å²) in [5, 5.41) is 3.43. The van der Waals surface area contributed by atoms with Crippen molar-refractivity contribution in [2.45, 2.75) is 32.0 Å². The third-order valence-corrected chi connectivity index (χ3v) is 5.76. The monoisotopic (exact) mass is 366 g/mol. The molecule has 1 atom stereocenters. The Morgan fingerprint density at radius 1 is 1.07 bits per heavy atom. The van der Waals surface area contributed by atoms with Crippen molar-refractivity contribution in [3.05, 3.63) is 35.8 Å². The van der Waals surface area contributed by atoms with E-state index in [1.807, 2.05) is 12.1 Å². The Morgan fingerprint density at radius 3 is 2.70 bits per heavy atom. The Morgan fingerprint density at radius 2 is 1.93 bits per heavy atom. The number of nitrogens with zero attached hydrogens (tertiary/aromatic N) is 5. The fraction of sp³-hybridized carbons (Fsp3) is 0.550. The van der Waals surface area contributed by atoms with Crippen molar-refractivity contribution in [3.8, 4) is 11.4 Å². The molecule has 0 amide bonds. The Hall–Kier alpha value is -2.09. The van der Waals surface area contributed by atoms with Crippen LogP contribution >= 0.6 is 0 Å². The molecule has 3 aliphatic rings. The average molecular weight is 366 g/mol. The topological polar surface area (TPSA) is 66.4 Å². The molecule has 27 heavy (non-hydrogen) atoms. The average Bonchev–Trinajstić information content (AvgIpc) is 3.40. The predicted molar refractivity (Wildman–Crippen MR) is 103 cm³/mol. The molecule has 142 valence electrons. The molecule has 2 fully saturated rings. The van der Waals surface area contributed by atoms with Gasteiger partial charge in [-0.15, -0.1) is 0 Å². The van der Waals surface area contributed by atoms with Crippen molar-refractivity contribution in [1.82, 2.24) is 25.2 Å². The van der Waals surface area contributed by atoms with E-state index in [0.29, 0.717) is 6.10 Å². The number of nitrogens with one attached hydrogen (secondary N) is 1. The molecule has 3 aliphatic heterocycles. The molecule has 0 aliphatic carbocycles. The minimum atomic E-state index is 0.433. The van der Waals surface area contributed by atoms with E-state index >= 15 is 0 Å². The summed E-state index contributed by atoms with van der Waals surface area (Å²) in [7, 11) is 0. The summed E-state index contributed by atoms with van der Waals surface area (Å²) in [6.45, 7) is 7.83. The fourth-order valence-corrected chi connectivity index (χ4v) is 4.26. The van der Waals surface area contributed by atoms with E-state index in [1.165, 1.54) is 18.4 Å². The van der Waals surface area contributed by atoms with Gasteiger partial charge in [0.15, 0.2) is 5.82 Å². The van der Waals surface area contributed by atoms with Crippen LogP contribution in [0.1, 0.15) is 24.1 Å². The van der Waals surface area contributed by atoms with Gasteiger partial charge in [-0.05, 0) is 25.0 Å². The molecular formula is C20H26N6O. The molecule has 5 rings (SSSR count). The molecule has 2 saturated heterocycles. The van der Waals surface area contributed by atoms with Gasteiger partial charge < -0.3 is 15.0 Å². The van der Waals surface area contributed by atoms with Crippen LogP contribution in [0.2, 0.25) is 0 Å². The van der Waals surface area contributed by atoms with Crippen LogP contribution in [0.5, 0.6) is 0 Å². The quantitative estimate of drug-likeness (QED) is 0.878. The van der Waals surface area contributed by atoms with Gasteiger partial charge in [0, 0.05) is 75.9 Å². The zero-order valence-electron chi connectivity index (χ0n) is 15.6. The lowest BCUT2D eigenvalue weighted by Gasteiger charge is -2.37. The van der Waals surface area contributed by atoms with Gasteiger partial charge in [0.05, 0.1) is 11.8 Å². The minimum Gasteiger partial charge on any atom is -0.377 e. The van der Waals surface area contributed by atoms with Gasteiger partial charge in [0.2, 0.25) is 0 Å². The third kappa shape index (κ3) is 3.54. The van der Waals surface area contributed by atoms with E-state index in [4.69, 9.17) is 14.7 Å². The number of ether oxygens (including phenoxy) is 1. The molecule has 0 saturated carbocycles. The Labute approximate surface area is 159 Å². The first-order valence-electron chi connectivity index (χ1n) is 9.96. The van der Waals surface area contributed by atoms with Crippen LogP contribution in [0.25, 0.3) is 11.4 Å². The maximum Gasteiger partial charge on any atom is 0.161 e. The van der Waals surface area contributed by atoms with Gasteiger partial charge in [0.1, 0.15) is 5.82 Å². The summed E-state index contributed by atoms with van der Waals surface area (Å²) in [6.07, 6.45) is 6.45. The molecular weight excluding hydrogens is 340 g/mol. The Kier molecular flexibility index (Phi) is 4.73. The Bertz CT molecular complexity index is 785. The molecule has 2 aromatic rings. The highest BCUT2D eigenvalue weighted by Crippen LogP contribution is 2.29. The molecule has 0 radical (unpaired) electrons. The van der Waals surface area contributed by atoms with Gasteiger partial charge in [-0.3, -0.25) is 9.88 Å². The van der Waals surface area contributed by atoms with Gasteiger partial charge >= 0.3 is 0 Å². The molecule has 0 unspecified atom stereocenters. The number of hydrogen-bond donors (Lipinski definition) is 1. The summed E-state index contributed by atoms with van der Waals surface area (Å²) in [4.78, 5) is 18.9. The van der Waals surface area contributed by atoms with Crippen molar-refractivity contribution in [2.24, 2.45) is 0 Å². The zero-order valence-corrected chi connectivity index (χ0v) is 15.6. The van der Waals surface area contributed by atoms with E-state index < -0.39 is 0 Å². The molecule has 0 aromatic carbocycles. The number of anilines is 1. The second kappa shape index (κ2) is 7.50. The van der Waals surface area contributed by atoms with Crippen molar-refractivity contribution in [3.63, 3.8) is 0 Å². The highest BCUT2D eigenvalue weighted by Gasteiger charge is 2.27. The highest BCUT2D eigenvalue weighted by atomic mass is 16.5. The largest absolute Gasteiger partial charge is 0.377 e. The van der Waals surface area contributed by atoms with Crippen LogP contribution in [0.3, 0.4) is 0 Å². The van der Waals surface area contributed by atoms with Crippen LogP contribution in [0.4, 0.5) is 5.82 Å². The standard InChI is InChI=1S/C20H26N6O/c1-2-16(27-11-1)14-25-7-9-26(10-8-25)20-17-12-22-13-18(17)23-19(24-20)15-3-5-21-6-4-15/h3-6,16,22H,1-2,7-14H2/t16-/m0/s1. The number of fused-ring (bicyclic) bond motifs is 1. The zero-order chi connectivity index (χ0) is 18.1. The molecule has 2 aromatic heterocycles. The van der Waals surface area contributed by atoms with Gasteiger partial charge in [0.25, 0.3) is 0 Å². The first-order chi connectivity index (χ1) is 13.4. The van der Waals surface area contributed by atoms with Crippen molar-refractivity contribution >= 4 is 5.82 Å². The summed E-state index contributed by atoms with van der Waals surface area (Å²) in [5.41, 5.74) is 3.42. The van der Waals surface area contributed by atoms with Crippen LogP contribution in [-0.4, -0.2) is 65.3 Å². The van der Waals surface area contributed by atoms with Gasteiger partial charge in [-0.1, -0.05) is 0 Å². The number of aromatic nitrogens is 3. The number of pyridine rings is 1. The van der Waals surface area contributed by atoms with E-state index in [9.17, 15) is 0 Å². The third-order valence-electron chi connectivity index (χ3n) is 5.76. The lowest BCUT2D eigenvalue weighted by Crippen LogP contribution is -2.49. The second-order valence-corrected chi connectivity index (χ2v) is 7.56. The molecule has 7 heteroatoms. The van der Waals surface area contributed by atoms with E-state index in [0.717, 1.165) is 75.3 Å². The van der Waals surface area contributed by atoms with Gasteiger partial charge in [-0.2, -0.15) is 0 Å². The molecule has 7 nitrogen and oxygen atoms in total. The van der Waals surface area contributed by atoms with Crippen molar-refractivity contribution in [1.29, 1.82) is 0 Å². The fourth-order valence-electron chi connectivity index (χ4n) is 4.26.